The summed E-state index contributed by atoms with van der Waals surface area (Å²) >= 11 is 11.4. The number of sulfonamides is 1. The predicted molar refractivity (Wildman–Crippen MR) is 67.6 cm³/mol. The summed E-state index contributed by atoms with van der Waals surface area (Å²) in [5, 5.41) is 10.1. The molecule has 0 spiro atoms. The number of hydroxylamine groups is 1. The van der Waals surface area contributed by atoms with Gasteiger partial charge in [-0.2, -0.15) is 0 Å². The van der Waals surface area contributed by atoms with Gasteiger partial charge in [0.1, 0.15) is 14.9 Å². The number of nitro groups is 1. The van der Waals surface area contributed by atoms with Crippen LogP contribution in [0.25, 0.3) is 0 Å². The lowest BCUT2D eigenvalue weighted by molar-refractivity contribution is -0.384. The van der Waals surface area contributed by atoms with Gasteiger partial charge >= 0.3 is 5.69 Å². The van der Waals surface area contributed by atoms with E-state index < -0.39 is 30.6 Å². The number of hydrogen-bond acceptors (Lipinski definition) is 5. The average molecular weight is 327 g/mol. The van der Waals surface area contributed by atoms with E-state index >= 15 is 0 Å². The average Bonchev–Trinajstić information content (AvgIpc) is 2.81. The largest absolute Gasteiger partial charge is 0.307 e. The fraction of sp³-hybridized carbons (Fsp3) is 0.333. The quantitative estimate of drug-likeness (QED) is 0.627. The number of nitrogens with zero attached hydrogens (tertiary/aromatic N) is 2. The Morgan fingerprint density at radius 2 is 2.05 bits per heavy atom. The van der Waals surface area contributed by atoms with Crippen molar-refractivity contribution >= 4 is 38.9 Å². The van der Waals surface area contributed by atoms with Crippen molar-refractivity contribution in [1.82, 2.24) is 4.47 Å². The van der Waals surface area contributed by atoms with Crippen LogP contribution in [0.15, 0.2) is 17.0 Å². The molecular formula is C9H8Cl2N2O5S. The molecule has 0 amide bonds. The third-order valence-electron chi connectivity index (χ3n) is 2.48. The van der Waals surface area contributed by atoms with Crippen LogP contribution in [-0.2, 0) is 14.9 Å². The van der Waals surface area contributed by atoms with Gasteiger partial charge in [-0.1, -0.05) is 27.7 Å². The summed E-state index contributed by atoms with van der Waals surface area (Å²) in [6.07, 6.45) is 0.548. The summed E-state index contributed by atoms with van der Waals surface area (Å²) < 4.78 is 25.2. The monoisotopic (exact) mass is 326 g/mol. The van der Waals surface area contributed by atoms with Crippen molar-refractivity contribution in [3.63, 3.8) is 0 Å². The van der Waals surface area contributed by atoms with E-state index in [0.29, 0.717) is 6.42 Å². The first kappa shape index (κ1) is 14.5. The molecule has 0 aliphatic carbocycles. The topological polar surface area (TPSA) is 89.8 Å². The van der Waals surface area contributed by atoms with Crippen molar-refractivity contribution in [2.45, 2.75) is 11.3 Å². The summed E-state index contributed by atoms with van der Waals surface area (Å²) in [4.78, 5) is 14.6. The Bertz CT molecular complexity index is 628. The van der Waals surface area contributed by atoms with E-state index in [1.54, 1.807) is 0 Å². The number of benzene rings is 1. The Kier molecular flexibility index (Phi) is 3.98. The molecule has 0 atom stereocenters. The summed E-state index contributed by atoms with van der Waals surface area (Å²) in [5.41, 5.74) is -0.636. The Morgan fingerprint density at radius 1 is 1.37 bits per heavy atom. The second-order valence-corrected chi connectivity index (χ2v) is 6.27. The molecule has 1 aliphatic heterocycles. The van der Waals surface area contributed by atoms with Crippen molar-refractivity contribution in [1.29, 1.82) is 0 Å². The second kappa shape index (κ2) is 5.22. The molecule has 10 heteroatoms. The van der Waals surface area contributed by atoms with Crippen molar-refractivity contribution in [3.05, 3.63) is 32.3 Å². The normalized spacial score (nSPS) is 16.7. The van der Waals surface area contributed by atoms with Crippen molar-refractivity contribution in [2.75, 3.05) is 13.2 Å². The van der Waals surface area contributed by atoms with Gasteiger partial charge in [-0.05, 0) is 18.6 Å². The fourth-order valence-corrected chi connectivity index (χ4v) is 3.78. The first-order valence-electron chi connectivity index (χ1n) is 5.13. The smallest absolute Gasteiger partial charge is 0.284 e. The third-order valence-corrected chi connectivity index (χ3v) is 5.00. The lowest BCUT2D eigenvalue weighted by Crippen LogP contribution is -2.27. The van der Waals surface area contributed by atoms with Gasteiger partial charge in [-0.25, -0.2) is 8.42 Å². The van der Waals surface area contributed by atoms with Crippen molar-refractivity contribution < 1.29 is 18.2 Å². The lowest BCUT2D eigenvalue weighted by Gasteiger charge is -2.15. The zero-order chi connectivity index (χ0) is 14.2. The van der Waals surface area contributed by atoms with Gasteiger partial charge in [0.2, 0.25) is 0 Å². The maximum Gasteiger partial charge on any atom is 0.307 e. The van der Waals surface area contributed by atoms with E-state index in [1.165, 1.54) is 0 Å². The molecule has 1 aromatic rings. The maximum atomic E-state index is 12.2. The van der Waals surface area contributed by atoms with Crippen molar-refractivity contribution in [3.8, 4) is 0 Å². The minimum absolute atomic E-state index is 0.176. The summed E-state index contributed by atoms with van der Waals surface area (Å²) in [6.45, 7) is 0.446. The van der Waals surface area contributed by atoms with Gasteiger partial charge < -0.3 is 0 Å². The summed E-state index contributed by atoms with van der Waals surface area (Å²) in [7, 11) is -4.03. The Labute approximate surface area is 118 Å². The summed E-state index contributed by atoms with van der Waals surface area (Å²) in [6, 6.07) is 2.24. The first-order chi connectivity index (χ1) is 8.85. The Hall–Kier alpha value is -0.930. The van der Waals surface area contributed by atoms with Crippen LogP contribution in [0.1, 0.15) is 6.42 Å². The minimum Gasteiger partial charge on any atom is -0.284 e. The van der Waals surface area contributed by atoms with Gasteiger partial charge in [0, 0.05) is 6.54 Å². The molecule has 2 rings (SSSR count). The number of hydrogen-bond donors (Lipinski definition) is 0. The molecular weight excluding hydrogens is 319 g/mol. The molecule has 1 heterocycles. The van der Waals surface area contributed by atoms with Crippen LogP contribution in [0.5, 0.6) is 0 Å². The molecule has 0 radical (unpaired) electrons. The SMILES string of the molecule is O=[N+]([O-])c1c(Cl)ccc(S(=O)(=O)N2CCCO2)c1Cl. The van der Waals surface area contributed by atoms with E-state index in [0.717, 1.165) is 16.6 Å². The van der Waals surface area contributed by atoms with E-state index in [9.17, 15) is 18.5 Å². The molecule has 0 N–H and O–H groups in total. The van der Waals surface area contributed by atoms with Crippen LogP contribution >= 0.6 is 23.2 Å². The van der Waals surface area contributed by atoms with Crippen LogP contribution in [-0.4, -0.2) is 31.0 Å². The van der Waals surface area contributed by atoms with Gasteiger partial charge in [0.15, 0.2) is 0 Å². The zero-order valence-electron chi connectivity index (χ0n) is 9.38. The third kappa shape index (κ3) is 2.54. The highest BCUT2D eigenvalue weighted by Crippen LogP contribution is 2.38. The van der Waals surface area contributed by atoms with Crippen LogP contribution in [0.2, 0.25) is 10.0 Å². The predicted octanol–water partition coefficient (Wildman–Crippen LogP) is 2.23. The van der Waals surface area contributed by atoms with E-state index in [4.69, 9.17) is 28.0 Å². The maximum absolute atomic E-state index is 12.2. The second-order valence-electron chi connectivity index (χ2n) is 3.68. The molecule has 7 nitrogen and oxygen atoms in total. The van der Waals surface area contributed by atoms with E-state index in [1.807, 2.05) is 0 Å². The van der Waals surface area contributed by atoms with Gasteiger partial charge in [0.25, 0.3) is 10.0 Å². The van der Waals surface area contributed by atoms with E-state index in [-0.39, 0.29) is 18.2 Å². The highest BCUT2D eigenvalue weighted by atomic mass is 35.5. The highest BCUT2D eigenvalue weighted by molar-refractivity contribution is 7.89. The van der Waals surface area contributed by atoms with Gasteiger partial charge in [-0.3, -0.25) is 15.0 Å². The Morgan fingerprint density at radius 3 is 2.58 bits per heavy atom. The molecule has 1 aromatic carbocycles. The molecule has 0 unspecified atom stereocenters. The molecule has 19 heavy (non-hydrogen) atoms. The zero-order valence-corrected chi connectivity index (χ0v) is 11.7. The molecule has 0 aromatic heterocycles. The van der Waals surface area contributed by atoms with Crippen LogP contribution in [0.4, 0.5) is 5.69 Å². The van der Waals surface area contributed by atoms with Crippen LogP contribution in [0, 0.1) is 10.1 Å². The molecule has 0 saturated carbocycles. The van der Waals surface area contributed by atoms with Crippen LogP contribution < -0.4 is 0 Å². The Balaban J connectivity index is 2.57. The first-order valence-corrected chi connectivity index (χ1v) is 7.33. The van der Waals surface area contributed by atoms with Gasteiger partial charge in [-0.15, -0.1) is 0 Å². The highest BCUT2D eigenvalue weighted by Gasteiger charge is 2.34. The van der Waals surface area contributed by atoms with Gasteiger partial charge in [0.05, 0.1) is 11.5 Å². The van der Waals surface area contributed by atoms with Crippen LogP contribution in [0.3, 0.4) is 0 Å². The molecule has 1 saturated heterocycles. The molecule has 1 fully saturated rings. The van der Waals surface area contributed by atoms with Crippen molar-refractivity contribution in [2.24, 2.45) is 0 Å². The fourth-order valence-electron chi connectivity index (χ4n) is 1.61. The minimum atomic E-state index is -4.03. The molecule has 0 bridgehead atoms. The molecule has 104 valence electrons. The molecule has 1 aliphatic rings. The number of nitro benzene ring substituents is 1. The number of rotatable bonds is 3. The lowest BCUT2D eigenvalue weighted by atomic mass is 10.3. The standard InChI is InChI=1S/C9H8Cl2N2O5S/c10-6-2-3-7(8(11)9(6)13(14)15)19(16,17)12-4-1-5-18-12/h2-3H,1,4-5H2. The number of halogens is 2. The van der Waals surface area contributed by atoms with E-state index in [2.05, 4.69) is 0 Å². The summed E-state index contributed by atoms with van der Waals surface area (Å²) in [5.74, 6) is 0.